The minimum absolute atomic E-state index is 0.262. The fourth-order valence-electron chi connectivity index (χ4n) is 1.57. The van der Waals surface area contributed by atoms with Gasteiger partial charge < -0.3 is 20.5 Å². The second-order valence-corrected chi connectivity index (χ2v) is 3.97. The summed E-state index contributed by atoms with van der Waals surface area (Å²) in [7, 11) is 3.54. The number of hydrogen-bond acceptors (Lipinski definition) is 5. The van der Waals surface area contributed by atoms with E-state index in [0.717, 1.165) is 31.6 Å². The van der Waals surface area contributed by atoms with E-state index in [2.05, 4.69) is 9.88 Å². The topological polar surface area (TPSA) is 71.6 Å². The monoisotopic (exact) mass is 239 g/mol. The molecule has 0 atom stereocenters. The summed E-state index contributed by atoms with van der Waals surface area (Å²) in [6.07, 6.45) is 2.91. The van der Waals surface area contributed by atoms with Crippen molar-refractivity contribution in [2.75, 3.05) is 37.9 Å². The summed E-state index contributed by atoms with van der Waals surface area (Å²) in [5.74, 6) is 1.31. The number of nitrogens with zero attached hydrogens (tertiary/aromatic N) is 2. The zero-order chi connectivity index (χ0) is 12.7. The van der Waals surface area contributed by atoms with E-state index < -0.39 is 0 Å². The van der Waals surface area contributed by atoms with E-state index in [1.165, 1.54) is 0 Å². The Labute approximate surface area is 102 Å². The molecule has 1 aromatic rings. The van der Waals surface area contributed by atoms with E-state index >= 15 is 0 Å². The van der Waals surface area contributed by atoms with Gasteiger partial charge in [0.25, 0.3) is 0 Å². The molecule has 0 aromatic carbocycles. The minimum atomic E-state index is 0.262. The number of unbranched alkanes of at least 4 members (excludes halogenated alkanes) is 2. The Balaban J connectivity index is 2.53. The molecule has 0 spiro atoms. The maximum Gasteiger partial charge on any atom is 0.238 e. The molecule has 0 saturated carbocycles. The molecule has 0 fully saturated rings. The number of anilines is 2. The zero-order valence-corrected chi connectivity index (χ0v) is 10.5. The molecule has 1 rings (SSSR count). The van der Waals surface area contributed by atoms with Gasteiger partial charge in [0.15, 0.2) is 0 Å². The third kappa shape index (κ3) is 4.11. The van der Waals surface area contributed by atoms with Gasteiger partial charge in [-0.3, -0.25) is 0 Å². The van der Waals surface area contributed by atoms with Crippen molar-refractivity contribution < 1.29 is 9.84 Å². The molecule has 0 saturated heterocycles. The predicted molar refractivity (Wildman–Crippen MR) is 69.4 cm³/mol. The lowest BCUT2D eigenvalue weighted by Crippen LogP contribution is -2.20. The molecule has 1 aromatic heterocycles. The van der Waals surface area contributed by atoms with Crippen LogP contribution in [-0.4, -0.2) is 37.4 Å². The van der Waals surface area contributed by atoms with Crippen molar-refractivity contribution in [1.29, 1.82) is 0 Å². The van der Waals surface area contributed by atoms with Gasteiger partial charge in [0.1, 0.15) is 5.82 Å². The average Bonchev–Trinajstić information content (AvgIpc) is 2.35. The highest BCUT2D eigenvalue weighted by atomic mass is 16.5. The summed E-state index contributed by atoms with van der Waals surface area (Å²) in [6, 6.07) is 3.68. The van der Waals surface area contributed by atoms with E-state index in [1.54, 1.807) is 13.2 Å². The standard InChI is InChI=1S/C12H21N3O2/c1-15(8-4-3-5-9-16)11-7-6-10(13)12(14-11)17-2/h6-7,16H,3-5,8-9,13H2,1-2H3. The van der Waals surface area contributed by atoms with Gasteiger partial charge in [0.05, 0.1) is 12.8 Å². The smallest absolute Gasteiger partial charge is 0.238 e. The Morgan fingerprint density at radius 1 is 1.35 bits per heavy atom. The first-order valence-electron chi connectivity index (χ1n) is 5.81. The number of nitrogen functional groups attached to an aromatic ring is 1. The van der Waals surface area contributed by atoms with E-state index in [4.69, 9.17) is 15.6 Å². The van der Waals surface area contributed by atoms with Crippen LogP contribution in [0.25, 0.3) is 0 Å². The Morgan fingerprint density at radius 3 is 2.76 bits per heavy atom. The third-order valence-electron chi connectivity index (χ3n) is 2.61. The first kappa shape index (κ1) is 13.6. The molecule has 0 unspecified atom stereocenters. The van der Waals surface area contributed by atoms with Gasteiger partial charge in [-0.25, -0.2) is 0 Å². The number of aromatic nitrogens is 1. The molecule has 0 amide bonds. The average molecular weight is 239 g/mol. The van der Waals surface area contributed by atoms with Crippen molar-refractivity contribution in [2.45, 2.75) is 19.3 Å². The largest absolute Gasteiger partial charge is 0.479 e. The lowest BCUT2D eigenvalue weighted by Gasteiger charge is -2.18. The summed E-state index contributed by atoms with van der Waals surface area (Å²) in [4.78, 5) is 6.37. The van der Waals surface area contributed by atoms with Gasteiger partial charge in [-0.05, 0) is 31.4 Å². The highest BCUT2D eigenvalue weighted by Gasteiger charge is 2.06. The normalized spacial score (nSPS) is 10.3. The SMILES string of the molecule is COc1nc(N(C)CCCCCO)ccc1N. The summed E-state index contributed by atoms with van der Waals surface area (Å²) in [5.41, 5.74) is 6.25. The number of pyridine rings is 1. The second kappa shape index (κ2) is 6.96. The van der Waals surface area contributed by atoms with Crippen LogP contribution in [0.2, 0.25) is 0 Å². The number of methoxy groups -OCH3 is 1. The molecule has 5 heteroatoms. The van der Waals surface area contributed by atoms with Crippen LogP contribution in [0.5, 0.6) is 5.88 Å². The van der Waals surface area contributed by atoms with Crippen LogP contribution < -0.4 is 15.4 Å². The number of nitrogens with two attached hydrogens (primary N) is 1. The first-order chi connectivity index (χ1) is 8.19. The van der Waals surface area contributed by atoms with Crippen molar-refractivity contribution in [2.24, 2.45) is 0 Å². The van der Waals surface area contributed by atoms with Crippen molar-refractivity contribution in [1.82, 2.24) is 4.98 Å². The summed E-state index contributed by atoms with van der Waals surface area (Å²) < 4.78 is 5.08. The van der Waals surface area contributed by atoms with Gasteiger partial charge in [0.2, 0.25) is 5.88 Å². The molecular formula is C12H21N3O2. The van der Waals surface area contributed by atoms with Crippen LogP contribution in [0.3, 0.4) is 0 Å². The molecule has 0 aliphatic rings. The molecule has 3 N–H and O–H groups in total. The van der Waals surface area contributed by atoms with Crippen molar-refractivity contribution in [3.63, 3.8) is 0 Å². The molecule has 5 nitrogen and oxygen atoms in total. The molecule has 0 radical (unpaired) electrons. The molecule has 0 aliphatic heterocycles. The number of aliphatic hydroxyl groups excluding tert-OH is 1. The predicted octanol–water partition coefficient (Wildman–Crippen LogP) is 1.27. The Hall–Kier alpha value is -1.49. The molecule has 0 aliphatic carbocycles. The highest BCUT2D eigenvalue weighted by molar-refractivity contribution is 5.54. The van der Waals surface area contributed by atoms with Gasteiger partial charge >= 0.3 is 0 Å². The maximum atomic E-state index is 8.69. The van der Waals surface area contributed by atoms with Crippen molar-refractivity contribution in [3.8, 4) is 5.88 Å². The maximum absolute atomic E-state index is 8.69. The highest BCUT2D eigenvalue weighted by Crippen LogP contribution is 2.22. The third-order valence-corrected chi connectivity index (χ3v) is 2.61. The van der Waals surface area contributed by atoms with Gasteiger partial charge in [-0.2, -0.15) is 4.98 Å². The van der Waals surface area contributed by atoms with Crippen LogP contribution in [0.4, 0.5) is 11.5 Å². The Morgan fingerprint density at radius 2 is 2.12 bits per heavy atom. The molecule has 17 heavy (non-hydrogen) atoms. The van der Waals surface area contributed by atoms with Crippen LogP contribution in [-0.2, 0) is 0 Å². The quantitative estimate of drug-likeness (QED) is 0.701. The molecule has 1 heterocycles. The number of aliphatic hydroxyl groups is 1. The van der Waals surface area contributed by atoms with Crippen molar-refractivity contribution in [3.05, 3.63) is 12.1 Å². The van der Waals surface area contributed by atoms with Gasteiger partial charge in [-0.15, -0.1) is 0 Å². The number of rotatable bonds is 7. The van der Waals surface area contributed by atoms with Gasteiger partial charge in [-0.1, -0.05) is 0 Å². The van der Waals surface area contributed by atoms with E-state index in [9.17, 15) is 0 Å². The van der Waals surface area contributed by atoms with Crippen LogP contribution in [0.1, 0.15) is 19.3 Å². The molecule has 96 valence electrons. The zero-order valence-electron chi connectivity index (χ0n) is 10.5. The van der Waals surface area contributed by atoms with Crippen LogP contribution >= 0.6 is 0 Å². The fraction of sp³-hybridized carbons (Fsp3) is 0.583. The lowest BCUT2D eigenvalue weighted by molar-refractivity contribution is 0.283. The van der Waals surface area contributed by atoms with Crippen LogP contribution in [0, 0.1) is 0 Å². The second-order valence-electron chi connectivity index (χ2n) is 3.97. The van der Waals surface area contributed by atoms with E-state index in [-0.39, 0.29) is 6.61 Å². The summed E-state index contributed by atoms with van der Waals surface area (Å²) >= 11 is 0. The van der Waals surface area contributed by atoms with E-state index in [1.807, 2.05) is 13.1 Å². The number of hydrogen-bond donors (Lipinski definition) is 2. The number of ether oxygens (including phenoxy) is 1. The fourth-order valence-corrected chi connectivity index (χ4v) is 1.57. The lowest BCUT2D eigenvalue weighted by atomic mass is 10.2. The summed E-state index contributed by atoms with van der Waals surface area (Å²) in [5, 5.41) is 8.69. The van der Waals surface area contributed by atoms with E-state index in [0.29, 0.717) is 11.6 Å². The van der Waals surface area contributed by atoms with Crippen molar-refractivity contribution >= 4 is 11.5 Å². The van der Waals surface area contributed by atoms with Gasteiger partial charge in [0, 0.05) is 20.2 Å². The van der Waals surface area contributed by atoms with Crippen LogP contribution in [0.15, 0.2) is 12.1 Å². The minimum Gasteiger partial charge on any atom is -0.479 e. The first-order valence-corrected chi connectivity index (χ1v) is 5.81. The Bertz CT molecular complexity index is 345. The molecular weight excluding hydrogens is 218 g/mol. The summed E-state index contributed by atoms with van der Waals surface area (Å²) in [6.45, 7) is 1.16. The Kier molecular flexibility index (Phi) is 5.56. The molecule has 0 bridgehead atoms.